The highest BCUT2D eigenvalue weighted by Crippen LogP contribution is 2.08. The van der Waals surface area contributed by atoms with Gasteiger partial charge in [0, 0.05) is 11.9 Å². The lowest BCUT2D eigenvalue weighted by Gasteiger charge is -1.98. The standard InChI is InChI=1S/C9H11N.CO2/c1-4-9-5-8(3)10-6-7(9)2;2-1-3/h4-6H,1H2,2-3H3;. The van der Waals surface area contributed by atoms with Crippen molar-refractivity contribution in [2.75, 3.05) is 0 Å². The Balaban J connectivity index is 0.000000424. The second-order valence-electron chi connectivity index (χ2n) is 2.47. The van der Waals surface area contributed by atoms with E-state index in [9.17, 15) is 0 Å². The van der Waals surface area contributed by atoms with Gasteiger partial charge < -0.3 is 0 Å². The van der Waals surface area contributed by atoms with Crippen molar-refractivity contribution in [3.8, 4) is 0 Å². The topological polar surface area (TPSA) is 47.0 Å². The summed E-state index contributed by atoms with van der Waals surface area (Å²) in [5.74, 6) is 0. The van der Waals surface area contributed by atoms with Crippen LogP contribution in [0.4, 0.5) is 0 Å². The van der Waals surface area contributed by atoms with E-state index < -0.39 is 0 Å². The molecule has 1 aromatic rings. The van der Waals surface area contributed by atoms with Crippen LogP contribution in [0.1, 0.15) is 16.8 Å². The maximum absolute atomic E-state index is 8.12. The van der Waals surface area contributed by atoms with E-state index in [1.165, 1.54) is 11.1 Å². The predicted molar refractivity (Wildman–Crippen MR) is 48.8 cm³/mol. The lowest BCUT2D eigenvalue weighted by Crippen LogP contribution is -1.85. The second kappa shape index (κ2) is 5.86. The highest BCUT2D eigenvalue weighted by atomic mass is 16.2. The molecule has 0 fully saturated rings. The number of aromatic nitrogens is 1. The quantitative estimate of drug-likeness (QED) is 0.656. The highest BCUT2D eigenvalue weighted by molar-refractivity contribution is 5.50. The third-order valence-corrected chi connectivity index (χ3v) is 1.50. The lowest BCUT2D eigenvalue weighted by molar-refractivity contribution is -0.191. The van der Waals surface area contributed by atoms with Gasteiger partial charge in [-0.15, -0.1) is 0 Å². The molecule has 0 bridgehead atoms. The van der Waals surface area contributed by atoms with Gasteiger partial charge in [-0.2, -0.15) is 9.59 Å². The fraction of sp³-hybridized carbons (Fsp3) is 0.200. The molecule has 0 N–H and O–H groups in total. The zero-order chi connectivity index (χ0) is 10.3. The fourth-order valence-corrected chi connectivity index (χ4v) is 0.869. The summed E-state index contributed by atoms with van der Waals surface area (Å²) in [6.07, 6.45) is 3.97. The molecule has 13 heavy (non-hydrogen) atoms. The van der Waals surface area contributed by atoms with Gasteiger partial charge in [-0.3, -0.25) is 4.98 Å². The molecular formula is C10H11NO2. The average molecular weight is 177 g/mol. The summed E-state index contributed by atoms with van der Waals surface area (Å²) in [5.41, 5.74) is 3.40. The maximum atomic E-state index is 8.12. The minimum absolute atomic E-state index is 0.250. The van der Waals surface area contributed by atoms with E-state index in [2.05, 4.69) is 11.6 Å². The smallest absolute Gasteiger partial charge is 0.261 e. The van der Waals surface area contributed by atoms with E-state index in [1.54, 1.807) is 0 Å². The molecular weight excluding hydrogens is 166 g/mol. The molecule has 1 heterocycles. The number of hydrogen-bond acceptors (Lipinski definition) is 3. The zero-order valence-corrected chi connectivity index (χ0v) is 7.70. The molecule has 0 aliphatic carbocycles. The number of pyridine rings is 1. The van der Waals surface area contributed by atoms with Crippen LogP contribution in [0.15, 0.2) is 18.8 Å². The van der Waals surface area contributed by atoms with Crippen molar-refractivity contribution in [2.24, 2.45) is 0 Å². The van der Waals surface area contributed by atoms with Crippen LogP contribution in [-0.4, -0.2) is 11.1 Å². The van der Waals surface area contributed by atoms with Crippen molar-refractivity contribution < 1.29 is 9.59 Å². The van der Waals surface area contributed by atoms with Gasteiger partial charge >= 0.3 is 6.15 Å². The molecule has 0 aliphatic rings. The van der Waals surface area contributed by atoms with Crippen LogP contribution < -0.4 is 0 Å². The summed E-state index contributed by atoms with van der Waals surface area (Å²) in [4.78, 5) is 20.4. The molecule has 0 aromatic carbocycles. The second-order valence-corrected chi connectivity index (χ2v) is 2.47. The molecule has 0 radical (unpaired) electrons. The van der Waals surface area contributed by atoms with E-state index in [-0.39, 0.29) is 6.15 Å². The van der Waals surface area contributed by atoms with Crippen LogP contribution in [0.5, 0.6) is 0 Å². The number of aryl methyl sites for hydroxylation is 2. The third-order valence-electron chi connectivity index (χ3n) is 1.50. The first kappa shape index (κ1) is 11.3. The van der Waals surface area contributed by atoms with Gasteiger partial charge in [-0.25, -0.2) is 0 Å². The Morgan fingerprint density at radius 1 is 1.46 bits per heavy atom. The molecule has 0 aliphatic heterocycles. The largest absolute Gasteiger partial charge is 0.373 e. The summed E-state index contributed by atoms with van der Waals surface area (Å²) in [6.45, 7) is 7.71. The van der Waals surface area contributed by atoms with E-state index >= 15 is 0 Å². The highest BCUT2D eigenvalue weighted by Gasteiger charge is 1.92. The SMILES string of the molecule is C=Cc1cc(C)ncc1C.O=C=O. The molecule has 1 aromatic heterocycles. The Kier molecular flexibility index (Phi) is 5.08. The predicted octanol–water partition coefficient (Wildman–Crippen LogP) is 1.76. The van der Waals surface area contributed by atoms with Crippen LogP contribution >= 0.6 is 0 Å². The Labute approximate surface area is 77.1 Å². The summed E-state index contributed by atoms with van der Waals surface area (Å²) in [5, 5.41) is 0. The molecule has 0 saturated carbocycles. The van der Waals surface area contributed by atoms with Gasteiger partial charge in [0.2, 0.25) is 0 Å². The van der Waals surface area contributed by atoms with Crippen LogP contribution in [0.3, 0.4) is 0 Å². The first-order chi connectivity index (χ1) is 6.15. The van der Waals surface area contributed by atoms with Gasteiger partial charge in [0.15, 0.2) is 0 Å². The molecule has 0 unspecified atom stereocenters. The van der Waals surface area contributed by atoms with Crippen molar-refractivity contribution in [1.29, 1.82) is 0 Å². The maximum Gasteiger partial charge on any atom is 0.373 e. The minimum Gasteiger partial charge on any atom is -0.261 e. The van der Waals surface area contributed by atoms with Crippen LogP contribution in [0.2, 0.25) is 0 Å². The normalized spacial score (nSPS) is 7.85. The van der Waals surface area contributed by atoms with Crippen molar-refractivity contribution >= 4 is 12.2 Å². The summed E-state index contributed by atoms with van der Waals surface area (Å²) in [7, 11) is 0. The van der Waals surface area contributed by atoms with Gasteiger partial charge in [-0.05, 0) is 31.0 Å². The summed E-state index contributed by atoms with van der Waals surface area (Å²) < 4.78 is 0. The number of rotatable bonds is 1. The van der Waals surface area contributed by atoms with Crippen molar-refractivity contribution in [3.05, 3.63) is 35.7 Å². The van der Waals surface area contributed by atoms with Gasteiger partial charge in [0.1, 0.15) is 0 Å². The fourth-order valence-electron chi connectivity index (χ4n) is 0.869. The molecule has 3 heteroatoms. The van der Waals surface area contributed by atoms with E-state index in [1.807, 2.05) is 32.2 Å². The Bertz CT molecular complexity index is 326. The number of nitrogens with zero attached hydrogens (tertiary/aromatic N) is 1. The van der Waals surface area contributed by atoms with Crippen LogP contribution in [0.25, 0.3) is 6.08 Å². The van der Waals surface area contributed by atoms with Crippen LogP contribution in [0, 0.1) is 13.8 Å². The first-order valence-electron chi connectivity index (χ1n) is 3.70. The molecule has 68 valence electrons. The lowest BCUT2D eigenvalue weighted by atomic mass is 10.1. The van der Waals surface area contributed by atoms with Crippen molar-refractivity contribution in [3.63, 3.8) is 0 Å². The van der Waals surface area contributed by atoms with Crippen LogP contribution in [-0.2, 0) is 9.59 Å². The van der Waals surface area contributed by atoms with Crippen molar-refractivity contribution in [1.82, 2.24) is 4.98 Å². The number of carbonyl (C=O) groups excluding carboxylic acids is 2. The Hall–Kier alpha value is -1.73. The summed E-state index contributed by atoms with van der Waals surface area (Å²) >= 11 is 0. The van der Waals surface area contributed by atoms with Gasteiger partial charge in [0.05, 0.1) is 0 Å². The molecule has 0 atom stereocenters. The Morgan fingerprint density at radius 2 is 2.00 bits per heavy atom. The first-order valence-corrected chi connectivity index (χ1v) is 3.70. The monoisotopic (exact) mass is 177 g/mol. The molecule has 0 saturated heterocycles. The van der Waals surface area contributed by atoms with E-state index in [0.29, 0.717) is 0 Å². The average Bonchev–Trinajstić information content (AvgIpc) is 2.10. The minimum atomic E-state index is 0.250. The van der Waals surface area contributed by atoms with Crippen molar-refractivity contribution in [2.45, 2.75) is 13.8 Å². The molecule has 0 amide bonds. The Morgan fingerprint density at radius 3 is 2.38 bits per heavy atom. The van der Waals surface area contributed by atoms with E-state index in [4.69, 9.17) is 9.59 Å². The van der Waals surface area contributed by atoms with Gasteiger partial charge in [0.25, 0.3) is 0 Å². The summed E-state index contributed by atoms with van der Waals surface area (Å²) in [6, 6.07) is 2.03. The van der Waals surface area contributed by atoms with E-state index in [0.717, 1.165) is 5.69 Å². The molecule has 3 nitrogen and oxygen atoms in total. The van der Waals surface area contributed by atoms with Gasteiger partial charge in [-0.1, -0.05) is 12.7 Å². The molecule has 0 spiro atoms. The third kappa shape index (κ3) is 3.99. The number of hydrogen-bond donors (Lipinski definition) is 0. The molecule has 1 rings (SSSR count). The zero-order valence-electron chi connectivity index (χ0n) is 7.70.